The van der Waals surface area contributed by atoms with Crippen molar-refractivity contribution >= 4 is 23.4 Å². The third-order valence-electron chi connectivity index (χ3n) is 3.51. The van der Waals surface area contributed by atoms with E-state index in [-0.39, 0.29) is 28.1 Å². The minimum atomic E-state index is -3.73. The van der Waals surface area contributed by atoms with Crippen LogP contribution >= 0.6 is 11.8 Å². The van der Waals surface area contributed by atoms with E-state index in [0.717, 1.165) is 11.8 Å². The fourth-order valence-electron chi connectivity index (χ4n) is 2.39. The first-order valence-electron chi connectivity index (χ1n) is 7.76. The van der Waals surface area contributed by atoms with Gasteiger partial charge in [0.25, 0.3) is 0 Å². The normalized spacial score (nSPS) is 14.1. The molecule has 0 bridgehead atoms. The molecule has 0 atom stereocenters. The van der Waals surface area contributed by atoms with Gasteiger partial charge in [-0.2, -0.15) is 4.68 Å². The van der Waals surface area contributed by atoms with E-state index in [1.807, 2.05) is 0 Å². The molecular weight excluding hydrogens is 399 g/mol. The van der Waals surface area contributed by atoms with Crippen molar-refractivity contribution in [3.8, 4) is 17.2 Å². The van der Waals surface area contributed by atoms with Gasteiger partial charge in [0.2, 0.25) is 11.1 Å². The fraction of sp³-hybridized carbons (Fsp3) is 0.125. The highest BCUT2D eigenvalue weighted by Gasteiger charge is 2.43. The second-order valence-corrected chi connectivity index (χ2v) is 6.46. The number of benzene rings is 2. The summed E-state index contributed by atoms with van der Waals surface area (Å²) in [6.45, 7) is 0. The smallest absolute Gasteiger partial charge is 0.395 e. The number of amides is 1. The molecule has 0 fully saturated rings. The average molecular weight is 409 g/mol. The molecule has 8 nitrogen and oxygen atoms in total. The Balaban J connectivity index is 1.39. The highest BCUT2D eigenvalue weighted by molar-refractivity contribution is 7.99. The summed E-state index contributed by atoms with van der Waals surface area (Å²) in [5.41, 5.74) is 0.667. The fourth-order valence-corrected chi connectivity index (χ4v) is 3.08. The summed E-state index contributed by atoms with van der Waals surface area (Å²) < 4.78 is 49.4. The molecule has 0 saturated carbocycles. The summed E-state index contributed by atoms with van der Waals surface area (Å²) in [4.78, 5) is 12.1. The molecule has 0 radical (unpaired) electrons. The van der Waals surface area contributed by atoms with E-state index >= 15 is 0 Å². The van der Waals surface area contributed by atoms with Crippen LogP contribution in [0.15, 0.2) is 47.6 Å². The van der Waals surface area contributed by atoms with Crippen LogP contribution in [0.1, 0.15) is 0 Å². The molecule has 2 aromatic carbocycles. The van der Waals surface area contributed by atoms with Gasteiger partial charge in [0, 0.05) is 11.8 Å². The summed E-state index contributed by atoms with van der Waals surface area (Å²) in [6, 6.07) is 9.57. The number of rotatable bonds is 5. The number of halogens is 3. The minimum absolute atomic E-state index is 0.0692. The molecule has 1 aliphatic rings. The number of ether oxygens (including phenoxy) is 2. The largest absolute Gasteiger partial charge is 0.586 e. The van der Waals surface area contributed by atoms with Crippen LogP contribution in [0, 0.1) is 5.82 Å². The second-order valence-electron chi connectivity index (χ2n) is 5.52. The Bertz CT molecular complexity index is 1050. The summed E-state index contributed by atoms with van der Waals surface area (Å²) in [6.07, 6.45) is -3.73. The van der Waals surface area contributed by atoms with Crippen molar-refractivity contribution in [3.63, 3.8) is 0 Å². The zero-order chi connectivity index (χ0) is 19.7. The Morgan fingerprint density at radius 3 is 2.82 bits per heavy atom. The molecule has 0 aliphatic carbocycles. The number of fused-ring (bicyclic) bond motifs is 1. The van der Waals surface area contributed by atoms with Gasteiger partial charge in [-0.05, 0) is 40.8 Å². The first-order chi connectivity index (χ1) is 13.4. The number of carbonyl (C=O) groups excluding carboxylic acids is 1. The molecule has 3 aromatic rings. The van der Waals surface area contributed by atoms with Crippen LogP contribution < -0.4 is 14.8 Å². The molecule has 1 N–H and O–H groups in total. The molecule has 12 heteroatoms. The van der Waals surface area contributed by atoms with E-state index in [0.29, 0.717) is 5.69 Å². The van der Waals surface area contributed by atoms with E-state index in [2.05, 4.69) is 30.3 Å². The molecule has 1 aliphatic heterocycles. The number of hydrogen-bond donors (Lipinski definition) is 1. The van der Waals surface area contributed by atoms with Crippen LogP contribution in [0.4, 0.5) is 18.9 Å². The van der Waals surface area contributed by atoms with Crippen LogP contribution in [-0.2, 0) is 4.79 Å². The summed E-state index contributed by atoms with van der Waals surface area (Å²) in [7, 11) is 0. The summed E-state index contributed by atoms with van der Waals surface area (Å²) in [5, 5.41) is 13.9. The van der Waals surface area contributed by atoms with Crippen LogP contribution in [-0.4, -0.2) is 38.2 Å². The van der Waals surface area contributed by atoms with E-state index in [9.17, 15) is 18.0 Å². The Labute approximate surface area is 159 Å². The van der Waals surface area contributed by atoms with E-state index in [1.54, 1.807) is 6.07 Å². The molecule has 0 saturated heterocycles. The Morgan fingerprint density at radius 2 is 2.00 bits per heavy atom. The van der Waals surface area contributed by atoms with E-state index in [4.69, 9.17) is 0 Å². The van der Waals surface area contributed by atoms with Gasteiger partial charge in [0.05, 0.1) is 11.4 Å². The van der Waals surface area contributed by atoms with Crippen molar-refractivity contribution in [2.24, 2.45) is 0 Å². The predicted molar refractivity (Wildman–Crippen MR) is 91.1 cm³/mol. The quantitative estimate of drug-likeness (QED) is 0.648. The van der Waals surface area contributed by atoms with Gasteiger partial charge in [0.1, 0.15) is 5.82 Å². The first kappa shape index (κ1) is 18.1. The van der Waals surface area contributed by atoms with Gasteiger partial charge in [0.15, 0.2) is 11.5 Å². The maximum Gasteiger partial charge on any atom is 0.586 e. The van der Waals surface area contributed by atoms with E-state index < -0.39 is 18.0 Å². The molecule has 144 valence electrons. The van der Waals surface area contributed by atoms with Crippen molar-refractivity contribution in [2.75, 3.05) is 11.1 Å². The van der Waals surface area contributed by atoms with Gasteiger partial charge in [-0.3, -0.25) is 4.79 Å². The lowest BCUT2D eigenvalue weighted by Gasteiger charge is -2.06. The lowest BCUT2D eigenvalue weighted by atomic mass is 10.3. The van der Waals surface area contributed by atoms with Crippen LogP contribution in [0.2, 0.25) is 0 Å². The van der Waals surface area contributed by atoms with Gasteiger partial charge in [-0.25, -0.2) is 4.39 Å². The second kappa shape index (κ2) is 7.03. The van der Waals surface area contributed by atoms with Gasteiger partial charge >= 0.3 is 6.29 Å². The van der Waals surface area contributed by atoms with Gasteiger partial charge in [-0.15, -0.1) is 13.9 Å². The molecule has 0 unspecified atom stereocenters. The molecule has 2 heterocycles. The van der Waals surface area contributed by atoms with Crippen molar-refractivity contribution < 1.29 is 27.4 Å². The minimum Gasteiger partial charge on any atom is -0.395 e. The lowest BCUT2D eigenvalue weighted by Crippen LogP contribution is -2.25. The first-order valence-corrected chi connectivity index (χ1v) is 8.75. The number of thioether (sulfide) groups is 1. The number of anilines is 1. The predicted octanol–water partition coefficient (Wildman–Crippen LogP) is 2.85. The molecular formula is C16H10F3N5O3S. The van der Waals surface area contributed by atoms with Gasteiger partial charge < -0.3 is 14.8 Å². The van der Waals surface area contributed by atoms with Crippen molar-refractivity contribution in [2.45, 2.75) is 11.5 Å². The summed E-state index contributed by atoms with van der Waals surface area (Å²) >= 11 is 1.02. The number of nitrogens with one attached hydrogen (secondary N) is 1. The molecule has 28 heavy (non-hydrogen) atoms. The highest BCUT2D eigenvalue weighted by Crippen LogP contribution is 2.42. The number of hydrogen-bond acceptors (Lipinski definition) is 7. The topological polar surface area (TPSA) is 91.2 Å². The number of alkyl halides is 2. The number of carbonyl (C=O) groups is 1. The average Bonchev–Trinajstić information content (AvgIpc) is 3.22. The zero-order valence-corrected chi connectivity index (χ0v) is 14.6. The Kier molecular flexibility index (Phi) is 4.55. The molecule has 1 aromatic heterocycles. The number of nitrogens with zero attached hydrogens (tertiary/aromatic N) is 4. The van der Waals surface area contributed by atoms with Crippen LogP contribution in [0.25, 0.3) is 5.69 Å². The third kappa shape index (κ3) is 3.86. The van der Waals surface area contributed by atoms with Crippen molar-refractivity contribution in [1.29, 1.82) is 0 Å². The van der Waals surface area contributed by atoms with Crippen molar-refractivity contribution in [1.82, 2.24) is 20.2 Å². The van der Waals surface area contributed by atoms with Crippen LogP contribution in [0.5, 0.6) is 11.5 Å². The SMILES string of the molecule is O=C(CSc1nnnn1-c1cccc(F)c1)Nc1ccc2c(c1)OC(F)(F)O2. The maximum atomic E-state index is 13.4. The van der Waals surface area contributed by atoms with Crippen molar-refractivity contribution in [3.05, 3.63) is 48.3 Å². The van der Waals surface area contributed by atoms with Crippen LogP contribution in [0.3, 0.4) is 0 Å². The van der Waals surface area contributed by atoms with E-state index in [1.165, 1.54) is 41.1 Å². The zero-order valence-electron chi connectivity index (χ0n) is 13.8. The monoisotopic (exact) mass is 409 g/mol. The maximum absolute atomic E-state index is 13.4. The lowest BCUT2D eigenvalue weighted by molar-refractivity contribution is -0.286. The Morgan fingerprint density at radius 1 is 1.18 bits per heavy atom. The standard InChI is InChI=1S/C16H10F3N5O3S/c17-9-2-1-3-11(6-9)24-15(21-22-23-24)28-8-14(25)20-10-4-5-12-13(7-10)27-16(18,19)26-12/h1-7H,8H2,(H,20,25). The molecule has 1 amide bonds. The number of aromatic nitrogens is 4. The Hall–Kier alpha value is -3.28. The van der Waals surface area contributed by atoms with Gasteiger partial charge in [-0.1, -0.05) is 17.8 Å². The third-order valence-corrected chi connectivity index (χ3v) is 4.43. The molecule has 4 rings (SSSR count). The number of tetrazole rings is 1. The highest BCUT2D eigenvalue weighted by atomic mass is 32.2. The summed E-state index contributed by atoms with van der Waals surface area (Å²) in [5.74, 6) is -1.24. The molecule has 0 spiro atoms.